The molecule has 2 atom stereocenters. The molecule has 6 N–H and O–H groups in total. The Morgan fingerprint density at radius 2 is 2.17 bits per heavy atom. The van der Waals surface area contributed by atoms with E-state index in [0.717, 1.165) is 17.0 Å². The topological polar surface area (TPSA) is 208 Å². The number of aliphatic carboxylic acids is 1. The second-order valence-corrected chi connectivity index (χ2v) is 11.4. The number of carboxylic acid groups (broad SMARTS) is 1. The van der Waals surface area contributed by atoms with Crippen molar-refractivity contribution >= 4 is 63.1 Å². The Morgan fingerprint density at radius 1 is 1.40 bits per heavy atom. The maximum atomic E-state index is 13.2. The minimum absolute atomic E-state index is 0.0338. The number of fused-ring (bicyclic) bond motifs is 2. The third-order valence-electron chi connectivity index (χ3n) is 6.25. The normalized spacial score (nSPS) is 19.4. The number of carbonyl (C=O) groups excluding carboxylic acids is 2. The molecule has 0 aromatic carbocycles. The zero-order valence-electron chi connectivity index (χ0n) is 21.8. The van der Waals surface area contributed by atoms with E-state index in [2.05, 4.69) is 24.8 Å². The summed E-state index contributed by atoms with van der Waals surface area (Å²) in [7, 11) is 0. The SMILES string of the molecule is CCO/N=C(\C(=O)NC1C(=O)N2C(C(=O)O)=C(C[n+]3cccc4c3ncn4C(C)(C)N)CSC12)c1nsc(N)n1. The number of oxime groups is 1. The summed E-state index contributed by atoms with van der Waals surface area (Å²) in [5, 5.41) is 16.0. The minimum Gasteiger partial charge on any atom is -0.477 e. The Balaban J connectivity index is 1.39. The molecule has 1 saturated heterocycles. The number of thioether (sulfide) groups is 1. The van der Waals surface area contributed by atoms with E-state index in [1.807, 2.05) is 35.1 Å². The van der Waals surface area contributed by atoms with E-state index < -0.39 is 34.9 Å². The van der Waals surface area contributed by atoms with Gasteiger partial charge in [-0.3, -0.25) is 19.1 Å². The molecular formula is C23H27N10O5S2+. The molecule has 40 heavy (non-hydrogen) atoms. The summed E-state index contributed by atoms with van der Waals surface area (Å²) in [6, 6.07) is 2.74. The van der Waals surface area contributed by atoms with E-state index >= 15 is 0 Å². The highest BCUT2D eigenvalue weighted by Crippen LogP contribution is 2.40. The van der Waals surface area contributed by atoms with Crippen molar-refractivity contribution in [3.8, 4) is 0 Å². The van der Waals surface area contributed by atoms with Gasteiger partial charge in [0.2, 0.25) is 17.9 Å². The summed E-state index contributed by atoms with van der Waals surface area (Å²) in [4.78, 5) is 53.3. The first-order valence-corrected chi connectivity index (χ1v) is 14.0. The number of nitrogens with one attached hydrogen (secondary N) is 1. The van der Waals surface area contributed by atoms with Crippen molar-refractivity contribution in [2.75, 3.05) is 18.1 Å². The van der Waals surface area contributed by atoms with Crippen LogP contribution < -0.4 is 21.4 Å². The third-order valence-corrected chi connectivity index (χ3v) is 8.13. The molecular weight excluding hydrogens is 560 g/mol. The van der Waals surface area contributed by atoms with Crippen LogP contribution in [0.2, 0.25) is 0 Å². The number of aromatic nitrogens is 5. The molecule has 2 aliphatic rings. The van der Waals surface area contributed by atoms with Gasteiger partial charge in [-0.15, -0.1) is 11.8 Å². The average molecular weight is 588 g/mol. The van der Waals surface area contributed by atoms with E-state index in [0.29, 0.717) is 17.0 Å². The Bertz CT molecular complexity index is 1570. The van der Waals surface area contributed by atoms with Crippen molar-refractivity contribution < 1.29 is 28.9 Å². The number of carbonyl (C=O) groups is 3. The molecule has 0 bridgehead atoms. The molecule has 3 aromatic rings. The Morgan fingerprint density at radius 3 is 2.83 bits per heavy atom. The number of carboxylic acids is 1. The third kappa shape index (κ3) is 4.86. The Hall–Kier alpha value is -4.09. The summed E-state index contributed by atoms with van der Waals surface area (Å²) in [6.07, 6.45) is 3.44. The second-order valence-electron chi connectivity index (χ2n) is 9.55. The molecule has 5 rings (SSSR count). The monoisotopic (exact) mass is 587 g/mol. The highest BCUT2D eigenvalue weighted by molar-refractivity contribution is 8.00. The first-order valence-electron chi connectivity index (χ1n) is 12.2. The van der Waals surface area contributed by atoms with Gasteiger partial charge in [0.25, 0.3) is 11.8 Å². The molecule has 2 aliphatic heterocycles. The lowest BCUT2D eigenvalue weighted by Gasteiger charge is -2.49. The molecule has 0 radical (unpaired) electrons. The molecule has 15 nitrogen and oxygen atoms in total. The predicted molar refractivity (Wildman–Crippen MR) is 146 cm³/mol. The van der Waals surface area contributed by atoms with Gasteiger partial charge in [-0.05, 0) is 37.9 Å². The number of rotatable bonds is 9. The number of nitrogens with two attached hydrogens (primary N) is 2. The largest absolute Gasteiger partial charge is 0.477 e. The molecule has 0 saturated carbocycles. The van der Waals surface area contributed by atoms with Crippen LogP contribution in [0.5, 0.6) is 0 Å². The van der Waals surface area contributed by atoms with Crippen LogP contribution in [0.15, 0.2) is 41.1 Å². The van der Waals surface area contributed by atoms with Gasteiger partial charge in [-0.2, -0.15) is 9.36 Å². The van der Waals surface area contributed by atoms with Crippen LogP contribution in [0.25, 0.3) is 11.2 Å². The summed E-state index contributed by atoms with van der Waals surface area (Å²) in [6.45, 7) is 5.79. The molecule has 0 aliphatic carbocycles. The first-order chi connectivity index (χ1) is 19.0. The molecule has 2 unspecified atom stereocenters. The Labute approximate surface area is 236 Å². The van der Waals surface area contributed by atoms with Gasteiger partial charge in [-0.25, -0.2) is 9.36 Å². The number of amides is 2. The number of pyridine rings is 1. The maximum absolute atomic E-state index is 13.2. The van der Waals surface area contributed by atoms with Crippen LogP contribution in [0.1, 0.15) is 26.6 Å². The van der Waals surface area contributed by atoms with E-state index in [1.54, 1.807) is 19.4 Å². The van der Waals surface area contributed by atoms with E-state index in [1.165, 1.54) is 16.7 Å². The lowest BCUT2D eigenvalue weighted by Crippen LogP contribution is -2.71. The lowest BCUT2D eigenvalue weighted by molar-refractivity contribution is -0.664. The number of hydrogen-bond donors (Lipinski definition) is 4. The number of β-lactam (4-membered cyclic amide) rings is 1. The number of anilines is 1. The van der Waals surface area contributed by atoms with Crippen LogP contribution in [-0.2, 0) is 31.4 Å². The number of nitrogen functional groups attached to an aromatic ring is 1. The average Bonchev–Trinajstić information content (AvgIpc) is 3.54. The van der Waals surface area contributed by atoms with E-state index in [-0.39, 0.29) is 35.5 Å². The van der Waals surface area contributed by atoms with Gasteiger partial charge in [0.15, 0.2) is 5.13 Å². The molecule has 17 heteroatoms. The summed E-state index contributed by atoms with van der Waals surface area (Å²) < 4.78 is 7.65. The van der Waals surface area contributed by atoms with Crippen LogP contribution >= 0.6 is 23.3 Å². The zero-order valence-corrected chi connectivity index (χ0v) is 23.4. The van der Waals surface area contributed by atoms with Crippen LogP contribution in [0.4, 0.5) is 5.13 Å². The summed E-state index contributed by atoms with van der Waals surface area (Å²) in [5.41, 5.74) is 12.8. The molecule has 5 heterocycles. The number of hydrogen-bond acceptors (Lipinski definition) is 12. The van der Waals surface area contributed by atoms with Gasteiger partial charge in [0.1, 0.15) is 35.8 Å². The molecule has 2 amide bonds. The maximum Gasteiger partial charge on any atom is 0.352 e. The van der Waals surface area contributed by atoms with Crippen LogP contribution in [0, 0.1) is 0 Å². The second kappa shape index (κ2) is 10.5. The number of imidazole rings is 1. The molecule has 210 valence electrons. The van der Waals surface area contributed by atoms with Gasteiger partial charge in [0.05, 0.1) is 11.9 Å². The summed E-state index contributed by atoms with van der Waals surface area (Å²) >= 11 is 2.23. The molecule has 3 aromatic heterocycles. The lowest BCUT2D eigenvalue weighted by atomic mass is 10.0. The molecule has 0 spiro atoms. The van der Waals surface area contributed by atoms with Gasteiger partial charge in [0, 0.05) is 22.9 Å². The fourth-order valence-electron chi connectivity index (χ4n) is 4.48. The first kappa shape index (κ1) is 27.5. The highest BCUT2D eigenvalue weighted by Gasteiger charge is 2.54. The van der Waals surface area contributed by atoms with Crippen molar-refractivity contribution in [3.05, 3.63) is 41.8 Å². The van der Waals surface area contributed by atoms with Gasteiger partial charge >= 0.3 is 11.6 Å². The number of nitrogens with zero attached hydrogens (tertiary/aromatic N) is 7. The fourth-order valence-corrected chi connectivity index (χ4v) is 6.25. The minimum atomic E-state index is -1.24. The van der Waals surface area contributed by atoms with E-state index in [9.17, 15) is 19.5 Å². The van der Waals surface area contributed by atoms with Gasteiger partial charge in [-0.1, -0.05) is 5.16 Å². The molecule has 1 fully saturated rings. The summed E-state index contributed by atoms with van der Waals surface area (Å²) in [5.74, 6) is -2.25. The van der Waals surface area contributed by atoms with Crippen molar-refractivity contribution in [3.63, 3.8) is 0 Å². The van der Waals surface area contributed by atoms with Crippen molar-refractivity contribution in [1.82, 2.24) is 29.1 Å². The van der Waals surface area contributed by atoms with Crippen LogP contribution in [0.3, 0.4) is 0 Å². The fraction of sp³-hybridized carbons (Fsp3) is 0.391. The Kier molecular flexibility index (Phi) is 7.19. The van der Waals surface area contributed by atoms with Crippen LogP contribution in [-0.4, -0.2) is 76.2 Å². The standard InChI is InChI=1S/C23H26N10O5S2/c1-4-38-29-13(16-28-22(24)40-30-16)18(34)27-14-19(35)33-15(21(36)37)11(9-39-20(14)33)8-31-7-5-6-12-17(31)26-10-32(12)23(2,3)25/h5-7,10,14,20H,4,8-9,25H2,1-3H3,(H3-,24,27,28,30,34,36,37)/p+1/b29-13-. The quantitative estimate of drug-likeness (QED) is 0.109. The van der Waals surface area contributed by atoms with Crippen molar-refractivity contribution in [1.29, 1.82) is 0 Å². The van der Waals surface area contributed by atoms with Gasteiger partial charge < -0.3 is 26.7 Å². The van der Waals surface area contributed by atoms with Crippen molar-refractivity contribution in [2.45, 2.75) is 44.4 Å². The van der Waals surface area contributed by atoms with Crippen molar-refractivity contribution in [2.24, 2.45) is 10.9 Å². The predicted octanol–water partition coefficient (Wildman–Crippen LogP) is -0.412. The van der Waals surface area contributed by atoms with E-state index in [4.69, 9.17) is 16.3 Å². The zero-order chi connectivity index (χ0) is 28.8. The highest BCUT2D eigenvalue weighted by atomic mass is 32.2. The smallest absolute Gasteiger partial charge is 0.352 e.